The minimum atomic E-state index is -0.0239. The van der Waals surface area contributed by atoms with E-state index in [1.165, 1.54) is 0 Å². The van der Waals surface area contributed by atoms with Gasteiger partial charge in [0, 0.05) is 31.7 Å². The highest BCUT2D eigenvalue weighted by Crippen LogP contribution is 2.32. The standard InChI is InChI=1S/C11H20N4O/c1-2-5-15-9-13-14-10(15)11(8-12)3-6-16-7-4-11/h9H,2-8,12H2,1H3. The summed E-state index contributed by atoms with van der Waals surface area (Å²) in [6, 6.07) is 0. The molecule has 16 heavy (non-hydrogen) atoms. The lowest BCUT2D eigenvalue weighted by Gasteiger charge is -2.35. The van der Waals surface area contributed by atoms with Crippen LogP contribution in [0.25, 0.3) is 0 Å². The van der Waals surface area contributed by atoms with Crippen molar-refractivity contribution < 1.29 is 4.74 Å². The maximum absolute atomic E-state index is 5.96. The number of aromatic nitrogens is 3. The number of aryl methyl sites for hydroxylation is 1. The molecule has 2 N–H and O–H groups in total. The van der Waals surface area contributed by atoms with E-state index in [0.29, 0.717) is 6.54 Å². The average molecular weight is 224 g/mol. The number of rotatable bonds is 4. The van der Waals surface area contributed by atoms with Crippen LogP contribution in [0.1, 0.15) is 32.0 Å². The van der Waals surface area contributed by atoms with Crippen molar-refractivity contribution in [3.8, 4) is 0 Å². The number of nitrogens with zero attached hydrogens (tertiary/aromatic N) is 3. The van der Waals surface area contributed by atoms with Crippen LogP contribution in [0.15, 0.2) is 6.33 Å². The zero-order valence-corrected chi connectivity index (χ0v) is 9.85. The van der Waals surface area contributed by atoms with E-state index in [1.54, 1.807) is 0 Å². The summed E-state index contributed by atoms with van der Waals surface area (Å²) in [6.07, 6.45) is 4.80. The molecule has 0 aliphatic carbocycles. The largest absolute Gasteiger partial charge is 0.381 e. The summed E-state index contributed by atoms with van der Waals surface area (Å²) in [5, 5.41) is 8.30. The molecule has 0 amide bonds. The highest BCUT2D eigenvalue weighted by molar-refractivity contribution is 5.10. The Hall–Kier alpha value is -0.940. The van der Waals surface area contributed by atoms with Crippen molar-refractivity contribution in [1.29, 1.82) is 0 Å². The summed E-state index contributed by atoms with van der Waals surface area (Å²) in [6.45, 7) is 5.29. The molecule has 1 aromatic rings. The molecule has 1 aliphatic heterocycles. The normalized spacial score (nSPS) is 19.9. The first-order valence-electron chi connectivity index (χ1n) is 5.98. The van der Waals surface area contributed by atoms with Gasteiger partial charge in [-0.3, -0.25) is 0 Å². The predicted molar refractivity (Wildman–Crippen MR) is 61.1 cm³/mol. The van der Waals surface area contributed by atoms with Crippen LogP contribution in [-0.4, -0.2) is 34.5 Å². The summed E-state index contributed by atoms with van der Waals surface area (Å²) in [4.78, 5) is 0. The van der Waals surface area contributed by atoms with Crippen LogP contribution in [0.3, 0.4) is 0 Å². The van der Waals surface area contributed by atoms with Crippen LogP contribution in [0.4, 0.5) is 0 Å². The van der Waals surface area contributed by atoms with Crippen molar-refractivity contribution in [2.45, 2.75) is 38.1 Å². The second-order valence-electron chi connectivity index (χ2n) is 4.44. The molecular weight excluding hydrogens is 204 g/mol. The first-order chi connectivity index (χ1) is 7.82. The molecule has 1 aromatic heterocycles. The van der Waals surface area contributed by atoms with Gasteiger partial charge in [0.1, 0.15) is 12.2 Å². The monoisotopic (exact) mass is 224 g/mol. The van der Waals surface area contributed by atoms with Crippen LogP contribution in [0.2, 0.25) is 0 Å². The molecular formula is C11H20N4O. The van der Waals surface area contributed by atoms with Crippen molar-refractivity contribution in [3.05, 3.63) is 12.2 Å². The summed E-state index contributed by atoms with van der Waals surface area (Å²) in [5.74, 6) is 1.04. The quantitative estimate of drug-likeness (QED) is 0.817. The number of hydrogen-bond donors (Lipinski definition) is 1. The van der Waals surface area contributed by atoms with Gasteiger partial charge in [-0.05, 0) is 19.3 Å². The van der Waals surface area contributed by atoms with Crippen molar-refractivity contribution in [2.75, 3.05) is 19.8 Å². The minimum Gasteiger partial charge on any atom is -0.381 e. The molecule has 0 atom stereocenters. The van der Waals surface area contributed by atoms with Crippen LogP contribution in [-0.2, 0) is 16.7 Å². The Balaban J connectivity index is 2.27. The third-order valence-electron chi connectivity index (χ3n) is 3.40. The number of hydrogen-bond acceptors (Lipinski definition) is 4. The summed E-state index contributed by atoms with van der Waals surface area (Å²) < 4.78 is 7.55. The summed E-state index contributed by atoms with van der Waals surface area (Å²) >= 11 is 0. The zero-order valence-electron chi connectivity index (χ0n) is 9.85. The fourth-order valence-electron chi connectivity index (χ4n) is 2.35. The van der Waals surface area contributed by atoms with E-state index in [9.17, 15) is 0 Å². The number of nitrogens with two attached hydrogens (primary N) is 1. The van der Waals surface area contributed by atoms with Crippen LogP contribution >= 0.6 is 0 Å². The molecule has 0 aromatic carbocycles. The molecule has 1 aliphatic rings. The second-order valence-corrected chi connectivity index (χ2v) is 4.44. The molecule has 1 fully saturated rings. The van der Waals surface area contributed by atoms with Gasteiger partial charge >= 0.3 is 0 Å². The Morgan fingerprint density at radius 2 is 2.25 bits per heavy atom. The highest BCUT2D eigenvalue weighted by Gasteiger charge is 2.37. The maximum Gasteiger partial charge on any atom is 0.140 e. The predicted octanol–water partition coefficient (Wildman–Crippen LogP) is 0.695. The van der Waals surface area contributed by atoms with Gasteiger partial charge in [0.2, 0.25) is 0 Å². The lowest BCUT2D eigenvalue weighted by Crippen LogP contribution is -2.42. The van der Waals surface area contributed by atoms with E-state index >= 15 is 0 Å². The number of ether oxygens (including phenoxy) is 1. The van der Waals surface area contributed by atoms with E-state index in [1.807, 2.05) is 6.33 Å². The molecule has 5 nitrogen and oxygen atoms in total. The Labute approximate surface area is 96.0 Å². The molecule has 0 unspecified atom stereocenters. The molecule has 0 spiro atoms. The fourth-order valence-corrected chi connectivity index (χ4v) is 2.35. The summed E-state index contributed by atoms with van der Waals surface area (Å²) in [7, 11) is 0. The maximum atomic E-state index is 5.96. The molecule has 1 saturated heterocycles. The van der Waals surface area contributed by atoms with Crippen molar-refractivity contribution in [2.24, 2.45) is 5.73 Å². The SMILES string of the molecule is CCCn1cnnc1C1(CN)CCOCC1. The van der Waals surface area contributed by atoms with Gasteiger partial charge in [0.15, 0.2) is 0 Å². The molecule has 0 saturated carbocycles. The van der Waals surface area contributed by atoms with E-state index in [-0.39, 0.29) is 5.41 Å². The Kier molecular flexibility index (Phi) is 3.56. The van der Waals surface area contributed by atoms with Crippen LogP contribution in [0.5, 0.6) is 0 Å². The van der Waals surface area contributed by atoms with E-state index in [0.717, 1.165) is 44.8 Å². The van der Waals surface area contributed by atoms with E-state index in [4.69, 9.17) is 10.5 Å². The van der Waals surface area contributed by atoms with Crippen molar-refractivity contribution in [3.63, 3.8) is 0 Å². The molecule has 0 bridgehead atoms. The van der Waals surface area contributed by atoms with Gasteiger partial charge in [0.25, 0.3) is 0 Å². The van der Waals surface area contributed by atoms with Gasteiger partial charge in [0.05, 0.1) is 0 Å². The lowest BCUT2D eigenvalue weighted by atomic mass is 9.79. The van der Waals surface area contributed by atoms with Gasteiger partial charge in [-0.1, -0.05) is 6.92 Å². The highest BCUT2D eigenvalue weighted by atomic mass is 16.5. The van der Waals surface area contributed by atoms with Gasteiger partial charge in [-0.15, -0.1) is 10.2 Å². The van der Waals surface area contributed by atoms with Crippen molar-refractivity contribution in [1.82, 2.24) is 14.8 Å². The van der Waals surface area contributed by atoms with Gasteiger partial charge in [-0.2, -0.15) is 0 Å². The van der Waals surface area contributed by atoms with Crippen LogP contribution < -0.4 is 5.73 Å². The Morgan fingerprint density at radius 1 is 1.50 bits per heavy atom. The van der Waals surface area contributed by atoms with Crippen molar-refractivity contribution >= 4 is 0 Å². The zero-order chi connectivity index (χ0) is 11.4. The smallest absolute Gasteiger partial charge is 0.140 e. The second kappa shape index (κ2) is 4.93. The van der Waals surface area contributed by atoms with Gasteiger partial charge < -0.3 is 15.0 Å². The lowest BCUT2D eigenvalue weighted by molar-refractivity contribution is 0.0485. The molecule has 2 rings (SSSR count). The average Bonchev–Trinajstić information content (AvgIpc) is 2.79. The first-order valence-corrected chi connectivity index (χ1v) is 5.98. The molecule has 5 heteroatoms. The fraction of sp³-hybridized carbons (Fsp3) is 0.818. The summed E-state index contributed by atoms with van der Waals surface area (Å²) in [5.41, 5.74) is 5.93. The third kappa shape index (κ3) is 1.97. The third-order valence-corrected chi connectivity index (χ3v) is 3.40. The van der Waals surface area contributed by atoms with E-state index < -0.39 is 0 Å². The first kappa shape index (κ1) is 11.5. The molecule has 0 radical (unpaired) electrons. The van der Waals surface area contributed by atoms with Crippen LogP contribution in [0, 0.1) is 0 Å². The minimum absolute atomic E-state index is 0.0239. The van der Waals surface area contributed by atoms with E-state index in [2.05, 4.69) is 21.7 Å². The molecule has 90 valence electrons. The Bertz CT molecular complexity index is 330. The topological polar surface area (TPSA) is 66.0 Å². The van der Waals surface area contributed by atoms with Gasteiger partial charge in [-0.25, -0.2) is 0 Å². The molecule has 2 heterocycles. The Morgan fingerprint density at radius 3 is 2.88 bits per heavy atom.